The van der Waals surface area contributed by atoms with E-state index in [9.17, 15) is 18.0 Å². The second kappa shape index (κ2) is 7.50. The van der Waals surface area contributed by atoms with Crippen LogP contribution in [0.1, 0.15) is 12.0 Å². The molecule has 0 spiro atoms. The summed E-state index contributed by atoms with van der Waals surface area (Å²) in [5.41, 5.74) is 0.205. The third-order valence-electron chi connectivity index (χ3n) is 3.00. The van der Waals surface area contributed by atoms with Crippen LogP contribution in [-0.2, 0) is 11.0 Å². The molecule has 3 nitrogen and oxygen atoms in total. The first-order valence-corrected chi connectivity index (χ1v) is 7.60. The van der Waals surface area contributed by atoms with E-state index in [0.29, 0.717) is 6.54 Å². The van der Waals surface area contributed by atoms with Crippen molar-refractivity contribution >= 4 is 33.2 Å². The summed E-state index contributed by atoms with van der Waals surface area (Å²) in [5, 5.41) is 5.53. The van der Waals surface area contributed by atoms with E-state index in [0.717, 1.165) is 22.3 Å². The normalized spacial score (nSPS) is 11.1. The van der Waals surface area contributed by atoms with Crippen LogP contribution in [0, 0.1) is 0 Å². The van der Waals surface area contributed by atoms with Gasteiger partial charge in [0.1, 0.15) is 0 Å². The molecular formula is C16H14BrF3N2O. The number of alkyl halides is 3. The van der Waals surface area contributed by atoms with Gasteiger partial charge in [0.05, 0.1) is 5.56 Å². The van der Waals surface area contributed by atoms with Crippen molar-refractivity contribution in [3.63, 3.8) is 0 Å². The van der Waals surface area contributed by atoms with E-state index in [4.69, 9.17) is 0 Å². The molecule has 0 bridgehead atoms. The van der Waals surface area contributed by atoms with Crippen molar-refractivity contribution in [1.82, 2.24) is 0 Å². The molecule has 0 fully saturated rings. The van der Waals surface area contributed by atoms with E-state index >= 15 is 0 Å². The molecule has 0 aliphatic rings. The monoisotopic (exact) mass is 386 g/mol. The number of hydrogen-bond acceptors (Lipinski definition) is 2. The fourth-order valence-electron chi connectivity index (χ4n) is 1.88. The SMILES string of the molecule is O=C(CCNc1ccc(Br)cc1)Nc1cccc(C(F)(F)F)c1. The van der Waals surface area contributed by atoms with Crippen LogP contribution in [0.4, 0.5) is 24.5 Å². The molecule has 122 valence electrons. The maximum Gasteiger partial charge on any atom is 0.416 e. The number of amides is 1. The van der Waals surface area contributed by atoms with Crippen LogP contribution in [-0.4, -0.2) is 12.5 Å². The summed E-state index contributed by atoms with van der Waals surface area (Å²) in [6, 6.07) is 12.0. The second-order valence-electron chi connectivity index (χ2n) is 4.81. The second-order valence-corrected chi connectivity index (χ2v) is 5.73. The average molecular weight is 387 g/mol. The molecule has 0 saturated heterocycles. The maximum absolute atomic E-state index is 12.6. The molecule has 0 aliphatic carbocycles. The van der Waals surface area contributed by atoms with Crippen molar-refractivity contribution in [2.24, 2.45) is 0 Å². The van der Waals surface area contributed by atoms with Crippen LogP contribution in [0.5, 0.6) is 0 Å². The minimum atomic E-state index is -4.43. The molecular weight excluding hydrogens is 373 g/mol. The van der Waals surface area contributed by atoms with Crippen LogP contribution in [0.3, 0.4) is 0 Å². The van der Waals surface area contributed by atoms with Crippen molar-refractivity contribution < 1.29 is 18.0 Å². The molecule has 0 aromatic heterocycles. The lowest BCUT2D eigenvalue weighted by atomic mass is 10.2. The van der Waals surface area contributed by atoms with Gasteiger partial charge in [-0.1, -0.05) is 22.0 Å². The van der Waals surface area contributed by atoms with Crippen molar-refractivity contribution in [2.45, 2.75) is 12.6 Å². The number of halogens is 4. The van der Waals surface area contributed by atoms with Gasteiger partial charge in [0.15, 0.2) is 0 Å². The van der Waals surface area contributed by atoms with Gasteiger partial charge in [-0.2, -0.15) is 13.2 Å². The van der Waals surface area contributed by atoms with Gasteiger partial charge in [-0.25, -0.2) is 0 Å². The van der Waals surface area contributed by atoms with Crippen LogP contribution in [0.2, 0.25) is 0 Å². The number of carbonyl (C=O) groups excluding carboxylic acids is 1. The minimum Gasteiger partial charge on any atom is -0.385 e. The highest BCUT2D eigenvalue weighted by atomic mass is 79.9. The lowest BCUT2D eigenvalue weighted by molar-refractivity contribution is -0.137. The van der Waals surface area contributed by atoms with Crippen molar-refractivity contribution in [1.29, 1.82) is 0 Å². The van der Waals surface area contributed by atoms with E-state index < -0.39 is 11.7 Å². The lowest BCUT2D eigenvalue weighted by Crippen LogP contribution is -2.16. The Labute approximate surface area is 140 Å². The topological polar surface area (TPSA) is 41.1 Å². The first kappa shape index (κ1) is 17.3. The molecule has 0 heterocycles. The van der Waals surface area contributed by atoms with Crippen LogP contribution < -0.4 is 10.6 Å². The summed E-state index contributed by atoms with van der Waals surface area (Å²) >= 11 is 3.32. The lowest BCUT2D eigenvalue weighted by Gasteiger charge is -2.10. The number of benzene rings is 2. The fourth-order valence-corrected chi connectivity index (χ4v) is 2.15. The highest BCUT2D eigenvalue weighted by molar-refractivity contribution is 9.10. The standard InChI is InChI=1S/C16H14BrF3N2O/c17-12-4-6-13(7-5-12)21-9-8-15(23)22-14-3-1-2-11(10-14)16(18,19)20/h1-7,10,21H,8-9H2,(H,22,23). The fraction of sp³-hybridized carbons (Fsp3) is 0.188. The zero-order valence-corrected chi connectivity index (χ0v) is 13.5. The number of carbonyl (C=O) groups is 1. The summed E-state index contributed by atoms with van der Waals surface area (Å²) in [6.07, 6.45) is -4.28. The Hall–Kier alpha value is -2.02. The molecule has 0 unspecified atom stereocenters. The Morgan fingerprint density at radius 2 is 1.74 bits per heavy atom. The van der Waals surface area contributed by atoms with Crippen LogP contribution in [0.15, 0.2) is 53.0 Å². The average Bonchev–Trinajstić information content (AvgIpc) is 2.49. The number of rotatable bonds is 5. The predicted octanol–water partition coefficient (Wildman–Crippen LogP) is 4.91. The van der Waals surface area contributed by atoms with Gasteiger partial charge in [0.2, 0.25) is 5.91 Å². The maximum atomic E-state index is 12.6. The van der Waals surface area contributed by atoms with Crippen molar-refractivity contribution in [3.05, 3.63) is 58.6 Å². The first-order valence-electron chi connectivity index (χ1n) is 6.81. The quantitative estimate of drug-likeness (QED) is 0.766. The number of nitrogens with one attached hydrogen (secondary N) is 2. The summed E-state index contributed by atoms with van der Waals surface area (Å²) in [7, 11) is 0. The molecule has 0 aliphatic heterocycles. The van der Waals surface area contributed by atoms with Gasteiger partial charge in [0.25, 0.3) is 0 Å². The molecule has 1 amide bonds. The third-order valence-corrected chi connectivity index (χ3v) is 3.53. The Morgan fingerprint density at radius 3 is 2.39 bits per heavy atom. The Balaban J connectivity index is 1.84. The van der Waals surface area contributed by atoms with Gasteiger partial charge in [-0.05, 0) is 42.5 Å². The predicted molar refractivity (Wildman–Crippen MR) is 87.3 cm³/mol. The molecule has 0 radical (unpaired) electrons. The molecule has 2 rings (SSSR count). The van der Waals surface area contributed by atoms with Gasteiger partial charge < -0.3 is 10.6 Å². The molecule has 2 N–H and O–H groups in total. The molecule has 7 heteroatoms. The zero-order valence-electron chi connectivity index (χ0n) is 12.0. The Bertz CT molecular complexity index is 672. The molecule has 2 aromatic carbocycles. The number of hydrogen-bond donors (Lipinski definition) is 2. The summed E-state index contributed by atoms with van der Waals surface area (Å²) in [4.78, 5) is 11.8. The van der Waals surface area contributed by atoms with Gasteiger partial charge in [0, 0.05) is 28.8 Å². The number of anilines is 2. The van der Waals surface area contributed by atoms with Gasteiger partial charge in [-0.15, -0.1) is 0 Å². The summed E-state index contributed by atoms with van der Waals surface area (Å²) in [6.45, 7) is 0.381. The molecule has 23 heavy (non-hydrogen) atoms. The van der Waals surface area contributed by atoms with E-state index in [1.165, 1.54) is 12.1 Å². The summed E-state index contributed by atoms with van der Waals surface area (Å²) in [5.74, 6) is -0.353. The zero-order chi connectivity index (χ0) is 16.9. The van der Waals surface area contributed by atoms with E-state index in [-0.39, 0.29) is 18.0 Å². The largest absolute Gasteiger partial charge is 0.416 e. The summed E-state index contributed by atoms with van der Waals surface area (Å²) < 4.78 is 38.7. The van der Waals surface area contributed by atoms with Crippen LogP contribution >= 0.6 is 15.9 Å². The Morgan fingerprint density at radius 1 is 1.04 bits per heavy atom. The Kier molecular flexibility index (Phi) is 5.65. The third kappa shape index (κ3) is 5.59. The van der Waals surface area contributed by atoms with Gasteiger partial charge in [-0.3, -0.25) is 4.79 Å². The highest BCUT2D eigenvalue weighted by Gasteiger charge is 2.30. The van der Waals surface area contributed by atoms with E-state index in [2.05, 4.69) is 26.6 Å². The van der Waals surface area contributed by atoms with E-state index in [1.807, 2.05) is 24.3 Å². The van der Waals surface area contributed by atoms with Crippen molar-refractivity contribution in [2.75, 3.05) is 17.2 Å². The van der Waals surface area contributed by atoms with Crippen LogP contribution in [0.25, 0.3) is 0 Å². The van der Waals surface area contributed by atoms with E-state index in [1.54, 1.807) is 0 Å². The van der Waals surface area contributed by atoms with Gasteiger partial charge >= 0.3 is 6.18 Å². The first-order chi connectivity index (χ1) is 10.8. The molecule has 0 saturated carbocycles. The minimum absolute atomic E-state index is 0.133. The highest BCUT2D eigenvalue weighted by Crippen LogP contribution is 2.30. The molecule has 2 aromatic rings. The smallest absolute Gasteiger partial charge is 0.385 e. The van der Waals surface area contributed by atoms with Crippen molar-refractivity contribution in [3.8, 4) is 0 Å². The molecule has 0 atom stereocenters.